The summed E-state index contributed by atoms with van der Waals surface area (Å²) in [5.41, 5.74) is 6.01. The van der Waals surface area contributed by atoms with E-state index in [2.05, 4.69) is 6.92 Å². The van der Waals surface area contributed by atoms with Gasteiger partial charge in [-0.05, 0) is 32.1 Å². The van der Waals surface area contributed by atoms with E-state index in [4.69, 9.17) is 10.8 Å². The van der Waals surface area contributed by atoms with E-state index in [1.54, 1.807) is 11.9 Å². The Kier molecular flexibility index (Phi) is 4.74. The van der Waals surface area contributed by atoms with Gasteiger partial charge in [0.15, 0.2) is 0 Å². The minimum atomic E-state index is -0.128. The maximum atomic E-state index is 12.2. The summed E-state index contributed by atoms with van der Waals surface area (Å²) in [5.74, 6) is 0.593. The van der Waals surface area contributed by atoms with Crippen LogP contribution in [0.2, 0.25) is 0 Å². The summed E-state index contributed by atoms with van der Waals surface area (Å²) in [7, 11) is 1.75. The average Bonchev–Trinajstić information content (AvgIpc) is 2.29. The Morgan fingerprint density at radius 2 is 2.19 bits per heavy atom. The lowest BCUT2D eigenvalue weighted by Crippen LogP contribution is -2.48. The second kappa shape index (κ2) is 5.64. The zero-order valence-electron chi connectivity index (χ0n) is 10.5. The molecular formula is C12H24N2O2. The number of hydrogen-bond acceptors (Lipinski definition) is 3. The minimum Gasteiger partial charge on any atom is -0.394 e. The first-order valence-corrected chi connectivity index (χ1v) is 6.10. The quantitative estimate of drug-likeness (QED) is 0.743. The molecule has 1 aliphatic rings. The molecular weight excluding hydrogens is 204 g/mol. The molecule has 0 bridgehead atoms. The number of rotatable bonds is 3. The zero-order valence-corrected chi connectivity index (χ0v) is 10.5. The van der Waals surface area contributed by atoms with Crippen molar-refractivity contribution in [1.29, 1.82) is 0 Å². The van der Waals surface area contributed by atoms with Crippen molar-refractivity contribution < 1.29 is 9.90 Å². The van der Waals surface area contributed by atoms with Crippen LogP contribution in [0.15, 0.2) is 0 Å². The molecule has 94 valence electrons. The molecule has 1 saturated carbocycles. The molecule has 4 atom stereocenters. The smallest absolute Gasteiger partial charge is 0.227 e. The number of aliphatic hydroxyl groups excluding tert-OH is 1. The molecule has 0 radical (unpaired) electrons. The van der Waals surface area contributed by atoms with Gasteiger partial charge >= 0.3 is 0 Å². The van der Waals surface area contributed by atoms with Crippen molar-refractivity contribution in [2.24, 2.45) is 17.6 Å². The minimum absolute atomic E-state index is 0.000246. The molecule has 0 heterocycles. The molecule has 1 amide bonds. The molecule has 3 N–H and O–H groups in total. The second-order valence-electron chi connectivity index (χ2n) is 5.17. The van der Waals surface area contributed by atoms with Crippen LogP contribution in [0.5, 0.6) is 0 Å². The zero-order chi connectivity index (χ0) is 12.3. The van der Waals surface area contributed by atoms with Crippen LogP contribution in [0, 0.1) is 11.8 Å². The lowest BCUT2D eigenvalue weighted by atomic mass is 9.78. The summed E-state index contributed by atoms with van der Waals surface area (Å²) in [5, 5.41) is 9.05. The first-order chi connectivity index (χ1) is 7.47. The van der Waals surface area contributed by atoms with Crippen molar-refractivity contribution in [1.82, 2.24) is 4.90 Å². The maximum absolute atomic E-state index is 12.2. The van der Waals surface area contributed by atoms with Crippen molar-refractivity contribution in [2.45, 2.75) is 45.2 Å². The fraction of sp³-hybridized carbons (Fsp3) is 0.917. The normalized spacial score (nSPS) is 32.2. The van der Waals surface area contributed by atoms with Gasteiger partial charge in [-0.2, -0.15) is 0 Å². The largest absolute Gasteiger partial charge is 0.394 e. The highest BCUT2D eigenvalue weighted by atomic mass is 16.3. The Morgan fingerprint density at radius 1 is 1.56 bits per heavy atom. The summed E-state index contributed by atoms with van der Waals surface area (Å²) in [6.07, 6.45) is 2.92. The van der Waals surface area contributed by atoms with Crippen LogP contribution < -0.4 is 5.73 Å². The number of likely N-dealkylation sites (N-methyl/N-ethyl adjacent to an activating group) is 1. The molecule has 4 nitrogen and oxygen atoms in total. The van der Waals surface area contributed by atoms with E-state index in [-0.39, 0.29) is 30.5 Å². The maximum Gasteiger partial charge on any atom is 0.227 e. The van der Waals surface area contributed by atoms with E-state index >= 15 is 0 Å². The average molecular weight is 228 g/mol. The summed E-state index contributed by atoms with van der Waals surface area (Å²) in [4.78, 5) is 13.8. The highest BCUT2D eigenvalue weighted by Gasteiger charge is 2.34. The van der Waals surface area contributed by atoms with Gasteiger partial charge in [0, 0.05) is 13.1 Å². The van der Waals surface area contributed by atoms with Gasteiger partial charge in [0.2, 0.25) is 5.91 Å². The lowest BCUT2D eigenvalue weighted by molar-refractivity contribution is -0.138. The number of carbonyl (C=O) groups is 1. The van der Waals surface area contributed by atoms with Gasteiger partial charge in [0.1, 0.15) is 0 Å². The Bertz CT molecular complexity index is 245. The van der Waals surface area contributed by atoms with E-state index in [9.17, 15) is 4.79 Å². The molecule has 1 fully saturated rings. The summed E-state index contributed by atoms with van der Waals surface area (Å²) < 4.78 is 0. The summed E-state index contributed by atoms with van der Waals surface area (Å²) >= 11 is 0. The summed E-state index contributed by atoms with van der Waals surface area (Å²) in [6, 6.07) is -0.144. The van der Waals surface area contributed by atoms with Gasteiger partial charge < -0.3 is 15.7 Å². The van der Waals surface area contributed by atoms with Crippen molar-refractivity contribution in [3.63, 3.8) is 0 Å². The van der Waals surface area contributed by atoms with Crippen LogP contribution in [0.3, 0.4) is 0 Å². The molecule has 0 aromatic carbocycles. The number of aliphatic hydroxyl groups is 1. The van der Waals surface area contributed by atoms with Crippen LogP contribution >= 0.6 is 0 Å². The molecule has 0 aromatic heterocycles. The monoisotopic (exact) mass is 228 g/mol. The van der Waals surface area contributed by atoms with Crippen molar-refractivity contribution in [3.8, 4) is 0 Å². The SMILES string of the molecule is CC1CCC(N)C(C(=O)N(C)C(C)CO)C1. The highest BCUT2D eigenvalue weighted by molar-refractivity contribution is 5.79. The Hall–Kier alpha value is -0.610. The van der Waals surface area contributed by atoms with E-state index in [1.807, 2.05) is 6.92 Å². The fourth-order valence-corrected chi connectivity index (χ4v) is 2.29. The molecule has 1 rings (SSSR count). The molecule has 4 heteroatoms. The third kappa shape index (κ3) is 2.95. The van der Waals surface area contributed by atoms with Crippen LogP contribution in [0.25, 0.3) is 0 Å². The fourth-order valence-electron chi connectivity index (χ4n) is 2.29. The van der Waals surface area contributed by atoms with Crippen LogP contribution in [0.1, 0.15) is 33.1 Å². The lowest BCUT2D eigenvalue weighted by Gasteiger charge is -2.35. The predicted octanol–water partition coefficient (Wildman–Crippen LogP) is 0.589. The van der Waals surface area contributed by atoms with Gasteiger partial charge in [0.25, 0.3) is 0 Å². The van der Waals surface area contributed by atoms with Gasteiger partial charge in [-0.3, -0.25) is 4.79 Å². The van der Waals surface area contributed by atoms with Gasteiger partial charge in [0.05, 0.1) is 18.6 Å². The summed E-state index contributed by atoms with van der Waals surface area (Å²) in [6.45, 7) is 4.01. The van der Waals surface area contributed by atoms with Crippen LogP contribution in [0.4, 0.5) is 0 Å². The molecule has 4 unspecified atom stereocenters. The Morgan fingerprint density at radius 3 is 2.75 bits per heavy atom. The van der Waals surface area contributed by atoms with Crippen molar-refractivity contribution >= 4 is 5.91 Å². The van der Waals surface area contributed by atoms with Crippen LogP contribution in [-0.4, -0.2) is 41.7 Å². The van der Waals surface area contributed by atoms with Gasteiger partial charge in [-0.25, -0.2) is 0 Å². The topological polar surface area (TPSA) is 66.6 Å². The molecule has 0 spiro atoms. The number of hydrogen-bond donors (Lipinski definition) is 2. The van der Waals surface area contributed by atoms with Gasteiger partial charge in [-0.15, -0.1) is 0 Å². The second-order valence-corrected chi connectivity index (χ2v) is 5.17. The van der Waals surface area contributed by atoms with Gasteiger partial charge in [-0.1, -0.05) is 6.92 Å². The molecule has 16 heavy (non-hydrogen) atoms. The van der Waals surface area contributed by atoms with Crippen LogP contribution in [-0.2, 0) is 4.79 Å². The first kappa shape index (κ1) is 13.5. The number of nitrogens with two attached hydrogens (primary N) is 1. The number of nitrogens with zero attached hydrogens (tertiary/aromatic N) is 1. The Labute approximate surface area is 97.8 Å². The van der Waals surface area contributed by atoms with E-state index in [0.29, 0.717) is 5.92 Å². The van der Waals surface area contributed by atoms with Crippen molar-refractivity contribution in [2.75, 3.05) is 13.7 Å². The third-order valence-corrected chi connectivity index (χ3v) is 3.76. The Balaban J connectivity index is 2.64. The predicted molar refractivity (Wildman–Crippen MR) is 63.8 cm³/mol. The van der Waals surface area contributed by atoms with E-state index < -0.39 is 0 Å². The molecule has 1 aliphatic carbocycles. The third-order valence-electron chi connectivity index (χ3n) is 3.76. The highest BCUT2D eigenvalue weighted by Crippen LogP contribution is 2.29. The number of amides is 1. The van der Waals surface area contributed by atoms with E-state index in [0.717, 1.165) is 19.3 Å². The standard InChI is InChI=1S/C12H24N2O2/c1-8-4-5-11(13)10(6-8)12(16)14(3)9(2)7-15/h8-11,15H,4-7,13H2,1-3H3. The molecule has 0 aromatic rings. The number of carbonyl (C=O) groups excluding carboxylic acids is 1. The van der Waals surface area contributed by atoms with Crippen molar-refractivity contribution in [3.05, 3.63) is 0 Å². The molecule has 0 saturated heterocycles. The first-order valence-electron chi connectivity index (χ1n) is 6.10. The van der Waals surface area contributed by atoms with E-state index in [1.165, 1.54) is 0 Å². The molecule has 0 aliphatic heterocycles.